The van der Waals surface area contributed by atoms with Gasteiger partial charge in [0.15, 0.2) is 11.6 Å². The number of benzene rings is 4. The highest BCUT2D eigenvalue weighted by atomic mass is 19.2. The van der Waals surface area contributed by atoms with Crippen molar-refractivity contribution < 1.29 is 42.1 Å². The van der Waals surface area contributed by atoms with E-state index in [0.29, 0.717) is 77.5 Å². The van der Waals surface area contributed by atoms with Gasteiger partial charge in [0.25, 0.3) is 5.91 Å². The maximum atomic E-state index is 14.5. The molecular formula is C44H46F2N4O7. The number of anilines is 1. The van der Waals surface area contributed by atoms with Crippen LogP contribution >= 0.6 is 0 Å². The largest absolute Gasteiger partial charge is 0.488 e. The Morgan fingerprint density at radius 2 is 1.26 bits per heavy atom. The molecule has 2 atom stereocenters. The molecule has 11 nitrogen and oxygen atoms in total. The van der Waals surface area contributed by atoms with Gasteiger partial charge >= 0.3 is 12.2 Å². The molecule has 0 saturated carbocycles. The van der Waals surface area contributed by atoms with E-state index in [-0.39, 0.29) is 18.2 Å². The molecule has 2 saturated heterocycles. The van der Waals surface area contributed by atoms with Gasteiger partial charge in [0.2, 0.25) is 0 Å². The maximum absolute atomic E-state index is 14.5. The summed E-state index contributed by atoms with van der Waals surface area (Å²) >= 11 is 0. The quantitative estimate of drug-likeness (QED) is 0.187. The van der Waals surface area contributed by atoms with Crippen LogP contribution in [0.3, 0.4) is 0 Å². The molecule has 6 rings (SSSR count). The summed E-state index contributed by atoms with van der Waals surface area (Å²) < 4.78 is 52.3. The van der Waals surface area contributed by atoms with Crippen molar-refractivity contribution in [1.29, 1.82) is 5.26 Å². The minimum absolute atomic E-state index is 0.213. The molecule has 0 radical (unpaired) electrons. The third-order valence-electron chi connectivity index (χ3n) is 9.19. The molecule has 0 bridgehead atoms. The minimum atomic E-state index is -1.06. The molecule has 4 aromatic carbocycles. The first-order valence-electron chi connectivity index (χ1n) is 18.8. The number of halogens is 2. The molecule has 3 amide bonds. The van der Waals surface area contributed by atoms with Crippen LogP contribution in [0, 0.1) is 23.0 Å². The van der Waals surface area contributed by atoms with Crippen molar-refractivity contribution in [2.24, 2.45) is 0 Å². The summed E-state index contributed by atoms with van der Waals surface area (Å²) in [5, 5.41) is 12.5. The van der Waals surface area contributed by atoms with Crippen LogP contribution in [0.25, 0.3) is 22.3 Å². The zero-order valence-corrected chi connectivity index (χ0v) is 32.9. The Morgan fingerprint density at radius 3 is 1.82 bits per heavy atom. The second-order valence-electron chi connectivity index (χ2n) is 16.1. The smallest absolute Gasteiger partial charge is 0.410 e. The Balaban J connectivity index is 1.24. The number of likely N-dealkylation sites (tertiary alicyclic amines) is 2. The van der Waals surface area contributed by atoms with Crippen molar-refractivity contribution in [3.8, 4) is 39.8 Å². The van der Waals surface area contributed by atoms with E-state index in [1.54, 1.807) is 85.2 Å². The highest BCUT2D eigenvalue weighted by molar-refractivity contribution is 6.05. The number of hydrogen-bond acceptors (Lipinski definition) is 8. The highest BCUT2D eigenvalue weighted by Crippen LogP contribution is 2.37. The number of ether oxygens (including phenoxy) is 4. The number of hydrogen-bond donors (Lipinski definition) is 1. The van der Waals surface area contributed by atoms with Gasteiger partial charge in [-0.25, -0.2) is 18.4 Å². The zero-order valence-electron chi connectivity index (χ0n) is 32.9. The average molecular weight is 781 g/mol. The van der Waals surface area contributed by atoms with Gasteiger partial charge in [0.05, 0.1) is 24.7 Å². The van der Waals surface area contributed by atoms with Gasteiger partial charge in [0, 0.05) is 48.3 Å². The number of carbonyl (C=O) groups is 3. The second-order valence-corrected chi connectivity index (χ2v) is 16.1. The molecule has 0 aliphatic carbocycles. The van der Waals surface area contributed by atoms with Crippen LogP contribution in [-0.2, 0) is 9.47 Å². The van der Waals surface area contributed by atoms with E-state index in [1.807, 2.05) is 26.8 Å². The average Bonchev–Trinajstić information content (AvgIpc) is 3.82. The number of carbonyl (C=O) groups excluding carboxylic acids is 3. The van der Waals surface area contributed by atoms with E-state index < -0.39 is 47.0 Å². The number of nitrogens with one attached hydrogen (secondary N) is 1. The Kier molecular flexibility index (Phi) is 11.7. The molecule has 298 valence electrons. The van der Waals surface area contributed by atoms with Crippen molar-refractivity contribution in [2.75, 3.05) is 31.5 Å². The fraction of sp³-hybridized carbons (Fsp3) is 0.364. The van der Waals surface area contributed by atoms with Crippen LogP contribution in [0.5, 0.6) is 11.5 Å². The van der Waals surface area contributed by atoms with Crippen LogP contribution in [0.1, 0.15) is 70.3 Å². The monoisotopic (exact) mass is 780 g/mol. The van der Waals surface area contributed by atoms with Gasteiger partial charge in [-0.15, -0.1) is 0 Å². The molecule has 0 aromatic heterocycles. The first-order chi connectivity index (χ1) is 26.9. The molecule has 13 heteroatoms. The van der Waals surface area contributed by atoms with E-state index in [4.69, 9.17) is 18.9 Å². The predicted octanol–water partition coefficient (Wildman–Crippen LogP) is 9.20. The normalized spacial score (nSPS) is 16.8. The molecule has 2 heterocycles. The van der Waals surface area contributed by atoms with Gasteiger partial charge in [-0.2, -0.15) is 5.26 Å². The molecule has 0 spiro atoms. The third kappa shape index (κ3) is 10.4. The molecule has 57 heavy (non-hydrogen) atoms. The Hall–Kier alpha value is -6.16. The van der Waals surface area contributed by atoms with Crippen LogP contribution in [0.2, 0.25) is 0 Å². The first kappa shape index (κ1) is 40.5. The van der Waals surface area contributed by atoms with Crippen molar-refractivity contribution in [1.82, 2.24) is 9.80 Å². The molecular weight excluding hydrogens is 735 g/mol. The zero-order chi connectivity index (χ0) is 41.1. The summed E-state index contributed by atoms with van der Waals surface area (Å²) in [5.41, 5.74) is 1.73. The van der Waals surface area contributed by atoms with E-state index in [2.05, 4.69) is 11.4 Å². The predicted molar refractivity (Wildman–Crippen MR) is 210 cm³/mol. The van der Waals surface area contributed by atoms with Crippen molar-refractivity contribution >= 4 is 23.8 Å². The Bertz CT molecular complexity index is 2210. The van der Waals surface area contributed by atoms with Crippen molar-refractivity contribution in [3.05, 3.63) is 102 Å². The summed E-state index contributed by atoms with van der Waals surface area (Å²) in [6, 6.07) is 22.5. The van der Waals surface area contributed by atoms with E-state index in [1.165, 1.54) is 6.07 Å². The summed E-state index contributed by atoms with van der Waals surface area (Å²) in [7, 11) is 0. The number of rotatable bonds is 8. The molecule has 0 unspecified atom stereocenters. The Labute approximate surface area is 331 Å². The van der Waals surface area contributed by atoms with Gasteiger partial charge in [0.1, 0.15) is 34.9 Å². The summed E-state index contributed by atoms with van der Waals surface area (Å²) in [4.78, 5) is 42.4. The topological polar surface area (TPSA) is 130 Å². The lowest BCUT2D eigenvalue weighted by molar-refractivity contribution is 0.0266. The van der Waals surface area contributed by atoms with Crippen molar-refractivity contribution in [2.45, 2.75) is 77.8 Å². The van der Waals surface area contributed by atoms with Gasteiger partial charge in [-0.05, 0) is 113 Å². The van der Waals surface area contributed by atoms with Crippen LogP contribution in [-0.4, -0.2) is 77.5 Å². The third-order valence-corrected chi connectivity index (χ3v) is 9.19. The SMILES string of the molecule is CC(C)(C)OC(=O)N1CC[C@H](Oc2ccc(NC(=O)c3ccc(O[C@H]4CCN(C(=O)OC(C)(C)C)C4)c(-c4ccc(F)c(F)c4)c3)cc2-c2cccc(C#N)c2)C1. The summed E-state index contributed by atoms with van der Waals surface area (Å²) in [5.74, 6) is -1.74. The summed E-state index contributed by atoms with van der Waals surface area (Å²) in [6.07, 6.45) is -0.506. The number of nitrogens with zero attached hydrogens (tertiary/aromatic N) is 3. The van der Waals surface area contributed by atoms with Gasteiger partial charge < -0.3 is 34.1 Å². The summed E-state index contributed by atoms with van der Waals surface area (Å²) in [6.45, 7) is 12.3. The van der Waals surface area contributed by atoms with E-state index in [9.17, 15) is 28.4 Å². The fourth-order valence-electron chi connectivity index (χ4n) is 6.55. The second kappa shape index (κ2) is 16.5. The van der Waals surface area contributed by atoms with Gasteiger partial charge in [-0.1, -0.05) is 18.2 Å². The fourth-order valence-corrected chi connectivity index (χ4v) is 6.55. The van der Waals surface area contributed by atoms with E-state index in [0.717, 1.165) is 12.1 Å². The van der Waals surface area contributed by atoms with Crippen LogP contribution < -0.4 is 14.8 Å². The standard InChI is InChI=1S/C44H46F2N4O7/c1-43(2,3)56-41(52)49-18-16-32(25-49)54-38-14-11-30(21-34(38)29-10-13-36(45)37(46)22-29)40(51)48-31-12-15-39(35(23-31)28-9-7-8-27(20-28)24-47)55-33-17-19-50(26-33)42(53)57-44(4,5)6/h7-15,20-23,32-33H,16-19,25-26H2,1-6H3,(H,48,51)/t32-,33-/m0/s1. The Morgan fingerprint density at radius 1 is 0.702 bits per heavy atom. The first-order valence-corrected chi connectivity index (χ1v) is 18.8. The molecule has 2 fully saturated rings. The number of nitriles is 1. The van der Waals surface area contributed by atoms with E-state index >= 15 is 0 Å². The molecule has 2 aliphatic rings. The van der Waals surface area contributed by atoms with Crippen LogP contribution in [0.15, 0.2) is 78.9 Å². The minimum Gasteiger partial charge on any atom is -0.488 e. The lowest BCUT2D eigenvalue weighted by atomic mass is 10.00. The molecule has 1 N–H and O–H groups in total. The van der Waals surface area contributed by atoms with Crippen LogP contribution in [0.4, 0.5) is 24.1 Å². The lowest BCUT2D eigenvalue weighted by Crippen LogP contribution is -2.36. The molecule has 4 aromatic rings. The lowest BCUT2D eigenvalue weighted by Gasteiger charge is -2.24. The molecule has 2 aliphatic heterocycles. The highest BCUT2D eigenvalue weighted by Gasteiger charge is 2.33. The van der Waals surface area contributed by atoms with Crippen molar-refractivity contribution in [3.63, 3.8) is 0 Å². The maximum Gasteiger partial charge on any atom is 0.410 e. The van der Waals surface area contributed by atoms with Gasteiger partial charge in [-0.3, -0.25) is 4.79 Å². The number of amides is 3.